The van der Waals surface area contributed by atoms with E-state index in [0.717, 1.165) is 16.9 Å². The van der Waals surface area contributed by atoms with Gasteiger partial charge in [-0.1, -0.05) is 12.1 Å². The summed E-state index contributed by atoms with van der Waals surface area (Å²) >= 11 is 1.50. The number of aromatic amines is 1. The summed E-state index contributed by atoms with van der Waals surface area (Å²) in [7, 11) is 0. The highest BCUT2D eigenvalue weighted by atomic mass is 32.2. The molecule has 0 radical (unpaired) electrons. The van der Waals surface area contributed by atoms with Crippen LogP contribution in [0.5, 0.6) is 0 Å². The van der Waals surface area contributed by atoms with Crippen LogP contribution in [0, 0.1) is 0 Å². The Labute approximate surface area is 145 Å². The Morgan fingerprint density at radius 1 is 1.38 bits per heavy atom. The minimum Gasteiger partial charge on any atom is -0.481 e. The van der Waals surface area contributed by atoms with Crippen LogP contribution in [-0.4, -0.2) is 38.2 Å². The molecule has 2 rings (SSSR count). The Morgan fingerprint density at radius 2 is 2.08 bits per heavy atom. The monoisotopic (exact) mass is 349 g/mol. The molecule has 1 heterocycles. The predicted octanol–water partition coefficient (Wildman–Crippen LogP) is 3.12. The molecule has 0 aliphatic carbocycles. The first-order valence-electron chi connectivity index (χ1n) is 7.86. The Hall–Kier alpha value is -2.02. The van der Waals surface area contributed by atoms with Crippen LogP contribution in [0.25, 0.3) is 11.0 Å². The zero-order valence-corrected chi connectivity index (χ0v) is 14.9. The van der Waals surface area contributed by atoms with Gasteiger partial charge in [0.2, 0.25) is 5.91 Å². The van der Waals surface area contributed by atoms with Crippen LogP contribution in [0.1, 0.15) is 44.7 Å². The van der Waals surface area contributed by atoms with Gasteiger partial charge in [0.15, 0.2) is 0 Å². The third-order valence-corrected chi connectivity index (χ3v) is 4.85. The van der Waals surface area contributed by atoms with Crippen molar-refractivity contribution in [1.82, 2.24) is 15.3 Å². The number of carboxylic acid groups (broad SMARTS) is 1. The number of carboxylic acids is 1. The number of nitrogens with zero attached hydrogens (tertiary/aromatic N) is 1. The van der Waals surface area contributed by atoms with E-state index in [1.165, 1.54) is 11.8 Å². The highest BCUT2D eigenvalue weighted by Crippen LogP contribution is 2.27. The maximum atomic E-state index is 12.1. The highest BCUT2D eigenvalue weighted by Gasteiger charge is 2.22. The van der Waals surface area contributed by atoms with Crippen LogP contribution < -0.4 is 5.32 Å². The molecule has 0 saturated carbocycles. The molecule has 0 bridgehead atoms. The van der Waals surface area contributed by atoms with Crippen molar-refractivity contribution in [3.05, 3.63) is 30.1 Å². The second-order valence-corrected chi connectivity index (χ2v) is 7.75. The molecule has 0 saturated heterocycles. The molecule has 130 valence electrons. The summed E-state index contributed by atoms with van der Waals surface area (Å²) in [4.78, 5) is 30.6. The lowest BCUT2D eigenvalue weighted by molar-refractivity contribution is -0.137. The van der Waals surface area contributed by atoms with Gasteiger partial charge in [0.05, 0.1) is 22.0 Å². The number of nitrogens with one attached hydrogen (secondary N) is 2. The number of aliphatic carboxylic acids is 1. The normalized spacial score (nSPS) is 13.0. The third-order valence-electron chi connectivity index (χ3n) is 3.70. The van der Waals surface area contributed by atoms with Crippen molar-refractivity contribution in [1.29, 1.82) is 0 Å². The number of rotatable bonds is 8. The summed E-state index contributed by atoms with van der Waals surface area (Å²) in [6, 6.07) is 7.82. The first-order chi connectivity index (χ1) is 11.3. The summed E-state index contributed by atoms with van der Waals surface area (Å²) in [5.74, 6) is 0.192. The van der Waals surface area contributed by atoms with Crippen molar-refractivity contribution in [2.45, 2.75) is 44.4 Å². The smallest absolute Gasteiger partial charge is 0.303 e. The van der Waals surface area contributed by atoms with Crippen molar-refractivity contribution in [3.63, 3.8) is 0 Å². The number of thioether (sulfide) groups is 1. The van der Waals surface area contributed by atoms with E-state index >= 15 is 0 Å². The van der Waals surface area contributed by atoms with Gasteiger partial charge in [0, 0.05) is 12.0 Å². The summed E-state index contributed by atoms with van der Waals surface area (Å²) in [6.45, 7) is 5.67. The fraction of sp³-hybridized carbons (Fsp3) is 0.471. The molecule has 24 heavy (non-hydrogen) atoms. The molecule has 3 N–H and O–H groups in total. The number of carbonyl (C=O) groups excluding carboxylic acids is 1. The number of amides is 1. The van der Waals surface area contributed by atoms with E-state index in [-0.39, 0.29) is 17.6 Å². The first kappa shape index (κ1) is 18.3. The number of fused-ring (bicyclic) bond motifs is 1. The van der Waals surface area contributed by atoms with E-state index < -0.39 is 11.5 Å². The van der Waals surface area contributed by atoms with E-state index in [4.69, 9.17) is 5.11 Å². The number of hydrogen-bond acceptors (Lipinski definition) is 4. The number of H-pyrrole nitrogens is 1. The van der Waals surface area contributed by atoms with Crippen LogP contribution >= 0.6 is 11.8 Å². The van der Waals surface area contributed by atoms with E-state index in [1.54, 1.807) is 0 Å². The zero-order valence-electron chi connectivity index (χ0n) is 14.1. The second kappa shape index (κ2) is 7.70. The summed E-state index contributed by atoms with van der Waals surface area (Å²) in [5, 5.41) is 11.7. The molecule has 1 aromatic heterocycles. The lowest BCUT2D eigenvalue weighted by Gasteiger charge is -2.25. The highest BCUT2D eigenvalue weighted by molar-refractivity contribution is 8.00. The summed E-state index contributed by atoms with van der Waals surface area (Å²) < 4.78 is 0. The quantitative estimate of drug-likeness (QED) is 0.680. The SMILES string of the molecule is CC(SCC(=O)NC(C)(C)CCC(=O)O)c1nc2ccccc2[nH]1. The Balaban J connectivity index is 1.85. The Kier molecular flexibility index (Phi) is 5.88. The largest absolute Gasteiger partial charge is 0.481 e. The Bertz CT molecular complexity index is 694. The maximum Gasteiger partial charge on any atom is 0.303 e. The minimum atomic E-state index is -0.856. The fourth-order valence-corrected chi connectivity index (χ4v) is 3.08. The van der Waals surface area contributed by atoms with Crippen LogP contribution in [0.15, 0.2) is 24.3 Å². The van der Waals surface area contributed by atoms with Crippen molar-refractivity contribution in [2.24, 2.45) is 0 Å². The molecule has 7 heteroatoms. The lowest BCUT2D eigenvalue weighted by atomic mass is 9.98. The van der Waals surface area contributed by atoms with E-state index in [1.807, 2.05) is 45.0 Å². The molecule has 1 unspecified atom stereocenters. The van der Waals surface area contributed by atoms with E-state index in [2.05, 4.69) is 15.3 Å². The van der Waals surface area contributed by atoms with Crippen molar-refractivity contribution in [2.75, 3.05) is 5.75 Å². The predicted molar refractivity (Wildman–Crippen MR) is 96.1 cm³/mol. The van der Waals surface area contributed by atoms with Crippen molar-refractivity contribution >= 4 is 34.7 Å². The van der Waals surface area contributed by atoms with Crippen LogP contribution in [0.3, 0.4) is 0 Å². The third kappa shape index (κ3) is 5.26. The maximum absolute atomic E-state index is 12.1. The molecule has 0 aliphatic rings. The van der Waals surface area contributed by atoms with Gasteiger partial charge in [-0.3, -0.25) is 9.59 Å². The summed E-state index contributed by atoms with van der Waals surface area (Å²) in [5.41, 5.74) is 1.37. The lowest BCUT2D eigenvalue weighted by Crippen LogP contribution is -2.44. The molecule has 1 atom stereocenters. The van der Waals surface area contributed by atoms with Gasteiger partial charge in [0.25, 0.3) is 0 Å². The number of benzene rings is 1. The first-order valence-corrected chi connectivity index (χ1v) is 8.91. The molecule has 1 amide bonds. The van der Waals surface area contributed by atoms with Gasteiger partial charge in [-0.2, -0.15) is 0 Å². The molecular weight excluding hydrogens is 326 g/mol. The van der Waals surface area contributed by atoms with Gasteiger partial charge >= 0.3 is 5.97 Å². The number of para-hydroxylation sites is 2. The fourth-order valence-electron chi connectivity index (χ4n) is 2.34. The van der Waals surface area contributed by atoms with Gasteiger partial charge in [-0.05, 0) is 39.3 Å². The van der Waals surface area contributed by atoms with Crippen LogP contribution in [0.2, 0.25) is 0 Å². The van der Waals surface area contributed by atoms with Gasteiger partial charge in [-0.25, -0.2) is 4.98 Å². The van der Waals surface area contributed by atoms with Crippen molar-refractivity contribution < 1.29 is 14.7 Å². The number of carbonyl (C=O) groups is 2. The molecular formula is C17H23N3O3S. The number of aromatic nitrogens is 2. The topological polar surface area (TPSA) is 95.1 Å². The van der Waals surface area contributed by atoms with Crippen LogP contribution in [-0.2, 0) is 9.59 Å². The average molecular weight is 349 g/mol. The second-order valence-electron chi connectivity index (χ2n) is 6.42. The van der Waals surface area contributed by atoms with Gasteiger partial charge in [0.1, 0.15) is 5.82 Å². The van der Waals surface area contributed by atoms with Gasteiger partial charge in [-0.15, -0.1) is 11.8 Å². The minimum absolute atomic E-state index is 0.0375. The number of hydrogen-bond donors (Lipinski definition) is 3. The molecule has 6 nitrogen and oxygen atoms in total. The summed E-state index contributed by atoms with van der Waals surface area (Å²) in [6.07, 6.45) is 0.438. The molecule has 1 aromatic carbocycles. The molecule has 0 spiro atoms. The molecule has 2 aromatic rings. The van der Waals surface area contributed by atoms with Crippen LogP contribution in [0.4, 0.5) is 0 Å². The van der Waals surface area contributed by atoms with E-state index in [9.17, 15) is 9.59 Å². The van der Waals surface area contributed by atoms with E-state index in [0.29, 0.717) is 12.2 Å². The zero-order chi connectivity index (χ0) is 17.7. The number of imidazole rings is 1. The average Bonchev–Trinajstić information content (AvgIpc) is 2.94. The molecule has 0 fully saturated rings. The van der Waals surface area contributed by atoms with Gasteiger partial charge < -0.3 is 15.4 Å². The molecule has 0 aliphatic heterocycles. The standard InChI is InChI=1S/C17H23N3O3S/c1-11(16-18-12-6-4-5-7-13(12)19-16)24-10-14(21)20-17(2,3)9-8-15(22)23/h4-7,11H,8-10H2,1-3H3,(H,18,19)(H,20,21)(H,22,23). The van der Waals surface area contributed by atoms with Crippen molar-refractivity contribution in [3.8, 4) is 0 Å². The Morgan fingerprint density at radius 3 is 2.75 bits per heavy atom.